The first-order valence-corrected chi connectivity index (χ1v) is 7.77. The number of methoxy groups -OCH3 is 1. The van der Waals surface area contributed by atoms with Gasteiger partial charge in [0.1, 0.15) is 0 Å². The van der Waals surface area contributed by atoms with Crippen molar-refractivity contribution < 1.29 is 24.1 Å². The molecule has 0 aromatic carbocycles. The van der Waals surface area contributed by atoms with Crippen molar-refractivity contribution in [3.63, 3.8) is 0 Å². The Balaban J connectivity index is 2.12. The third-order valence-electron chi connectivity index (χ3n) is 3.85. The van der Waals surface area contributed by atoms with E-state index in [1.165, 1.54) is 0 Å². The first-order chi connectivity index (χ1) is 10.1. The summed E-state index contributed by atoms with van der Waals surface area (Å²) in [6.07, 6.45) is 2.66. The van der Waals surface area contributed by atoms with Gasteiger partial charge in [-0.3, -0.25) is 4.79 Å². The van der Waals surface area contributed by atoms with Crippen molar-refractivity contribution in [1.29, 1.82) is 0 Å². The van der Waals surface area contributed by atoms with Gasteiger partial charge in [0.05, 0.1) is 37.9 Å². The van der Waals surface area contributed by atoms with Crippen LogP contribution in [0.4, 0.5) is 0 Å². The van der Waals surface area contributed by atoms with Crippen molar-refractivity contribution >= 4 is 5.97 Å². The van der Waals surface area contributed by atoms with E-state index in [2.05, 4.69) is 5.32 Å². The van der Waals surface area contributed by atoms with Crippen molar-refractivity contribution in [2.24, 2.45) is 5.92 Å². The van der Waals surface area contributed by atoms with Crippen LogP contribution in [0.5, 0.6) is 0 Å². The van der Waals surface area contributed by atoms with Crippen molar-refractivity contribution in [1.82, 2.24) is 5.32 Å². The Morgan fingerprint density at radius 3 is 2.62 bits per heavy atom. The number of rotatable bonds is 10. The molecule has 1 saturated carbocycles. The third-order valence-corrected chi connectivity index (χ3v) is 3.85. The highest BCUT2D eigenvalue weighted by Gasteiger charge is 2.35. The lowest BCUT2D eigenvalue weighted by atomic mass is 9.79. The quantitative estimate of drug-likeness (QED) is 0.457. The molecular weight excluding hydrogens is 274 g/mol. The molecule has 0 bridgehead atoms. The standard InChI is InChI=1S/C15H29NO5/c1-3-21-14(17)13-4-6-15(18,7-5-13)12-16-8-9-20-11-10-19-2/h13,16,18H,3-12H2,1-2H3. The summed E-state index contributed by atoms with van der Waals surface area (Å²) in [6.45, 7) is 5.26. The number of ether oxygens (including phenoxy) is 3. The number of nitrogens with one attached hydrogen (secondary N) is 1. The average Bonchev–Trinajstić information content (AvgIpc) is 2.47. The van der Waals surface area contributed by atoms with E-state index in [-0.39, 0.29) is 11.9 Å². The molecule has 0 aliphatic heterocycles. The molecular formula is C15H29NO5. The van der Waals surface area contributed by atoms with E-state index in [1.54, 1.807) is 7.11 Å². The Morgan fingerprint density at radius 2 is 2.00 bits per heavy atom. The maximum atomic E-state index is 11.6. The average molecular weight is 303 g/mol. The lowest BCUT2D eigenvalue weighted by molar-refractivity contribution is -0.151. The SMILES string of the molecule is CCOC(=O)C1CCC(O)(CNCCOCCOC)CC1. The summed E-state index contributed by atoms with van der Waals surface area (Å²) in [6, 6.07) is 0. The molecule has 0 unspecified atom stereocenters. The Kier molecular flexibility index (Phi) is 8.84. The number of hydrogen-bond donors (Lipinski definition) is 2. The zero-order chi connectivity index (χ0) is 15.6. The van der Waals surface area contributed by atoms with Gasteiger partial charge in [-0.2, -0.15) is 0 Å². The Morgan fingerprint density at radius 1 is 1.29 bits per heavy atom. The van der Waals surface area contributed by atoms with Crippen LogP contribution in [0.25, 0.3) is 0 Å². The molecule has 2 N–H and O–H groups in total. The van der Waals surface area contributed by atoms with Gasteiger partial charge in [0.25, 0.3) is 0 Å². The molecule has 0 atom stereocenters. The second kappa shape index (κ2) is 10.1. The van der Waals surface area contributed by atoms with Crippen LogP contribution >= 0.6 is 0 Å². The third kappa shape index (κ3) is 7.22. The van der Waals surface area contributed by atoms with E-state index in [4.69, 9.17) is 14.2 Å². The van der Waals surface area contributed by atoms with E-state index in [1.807, 2.05) is 6.92 Å². The zero-order valence-corrected chi connectivity index (χ0v) is 13.2. The fourth-order valence-corrected chi connectivity index (χ4v) is 2.54. The van der Waals surface area contributed by atoms with Crippen LogP contribution in [0.15, 0.2) is 0 Å². The number of carbonyl (C=O) groups is 1. The summed E-state index contributed by atoms with van der Waals surface area (Å²) in [5.74, 6) is -0.179. The summed E-state index contributed by atoms with van der Waals surface area (Å²) in [5.41, 5.74) is -0.713. The van der Waals surface area contributed by atoms with Crippen LogP contribution in [-0.2, 0) is 19.0 Å². The van der Waals surface area contributed by atoms with Gasteiger partial charge >= 0.3 is 5.97 Å². The molecule has 0 saturated heterocycles. The molecule has 6 heteroatoms. The van der Waals surface area contributed by atoms with Gasteiger partial charge < -0.3 is 24.6 Å². The van der Waals surface area contributed by atoms with Crippen LogP contribution in [0.1, 0.15) is 32.6 Å². The lowest BCUT2D eigenvalue weighted by Gasteiger charge is -2.35. The molecule has 0 amide bonds. The van der Waals surface area contributed by atoms with E-state index in [9.17, 15) is 9.90 Å². The minimum absolute atomic E-state index is 0.0531. The minimum atomic E-state index is -0.713. The Bertz CT molecular complexity index is 290. The fourth-order valence-electron chi connectivity index (χ4n) is 2.54. The number of esters is 1. The van der Waals surface area contributed by atoms with Gasteiger partial charge in [-0.25, -0.2) is 0 Å². The predicted octanol–water partition coefficient (Wildman–Crippen LogP) is 0.723. The summed E-state index contributed by atoms with van der Waals surface area (Å²) in [4.78, 5) is 11.6. The lowest BCUT2D eigenvalue weighted by Crippen LogP contribution is -2.45. The topological polar surface area (TPSA) is 77.0 Å². The molecule has 1 aliphatic rings. The first-order valence-electron chi connectivity index (χ1n) is 7.77. The molecule has 21 heavy (non-hydrogen) atoms. The van der Waals surface area contributed by atoms with Crippen LogP contribution < -0.4 is 5.32 Å². The van der Waals surface area contributed by atoms with E-state index in [0.717, 1.165) is 0 Å². The van der Waals surface area contributed by atoms with Gasteiger partial charge in [-0.05, 0) is 32.6 Å². The maximum absolute atomic E-state index is 11.6. The molecule has 1 fully saturated rings. The number of aliphatic hydroxyl groups is 1. The Labute approximate surface area is 127 Å². The van der Waals surface area contributed by atoms with Crippen molar-refractivity contribution in [2.75, 3.05) is 46.6 Å². The molecule has 124 valence electrons. The smallest absolute Gasteiger partial charge is 0.308 e. The highest BCUT2D eigenvalue weighted by molar-refractivity contribution is 5.72. The molecule has 6 nitrogen and oxygen atoms in total. The largest absolute Gasteiger partial charge is 0.466 e. The minimum Gasteiger partial charge on any atom is -0.466 e. The van der Waals surface area contributed by atoms with Crippen molar-refractivity contribution in [3.8, 4) is 0 Å². The first kappa shape index (κ1) is 18.4. The summed E-state index contributed by atoms with van der Waals surface area (Å²) in [7, 11) is 1.64. The fraction of sp³-hybridized carbons (Fsp3) is 0.933. The summed E-state index contributed by atoms with van der Waals surface area (Å²) >= 11 is 0. The van der Waals surface area contributed by atoms with Gasteiger partial charge in [-0.15, -0.1) is 0 Å². The molecule has 1 aliphatic carbocycles. The second-order valence-corrected chi connectivity index (χ2v) is 5.53. The van der Waals surface area contributed by atoms with Gasteiger partial charge in [0.15, 0.2) is 0 Å². The van der Waals surface area contributed by atoms with Crippen LogP contribution in [0.2, 0.25) is 0 Å². The summed E-state index contributed by atoms with van der Waals surface area (Å²) < 4.78 is 15.3. The van der Waals surface area contributed by atoms with Gasteiger partial charge in [0, 0.05) is 20.2 Å². The second-order valence-electron chi connectivity index (χ2n) is 5.53. The van der Waals surface area contributed by atoms with Gasteiger partial charge in [0.2, 0.25) is 0 Å². The highest BCUT2D eigenvalue weighted by Crippen LogP contribution is 2.32. The predicted molar refractivity (Wildman–Crippen MR) is 79.1 cm³/mol. The van der Waals surface area contributed by atoms with Crippen molar-refractivity contribution in [3.05, 3.63) is 0 Å². The van der Waals surface area contributed by atoms with E-state index >= 15 is 0 Å². The van der Waals surface area contributed by atoms with Gasteiger partial charge in [-0.1, -0.05) is 0 Å². The van der Waals surface area contributed by atoms with Crippen molar-refractivity contribution in [2.45, 2.75) is 38.2 Å². The molecule has 0 spiro atoms. The molecule has 0 heterocycles. The molecule has 1 rings (SSSR count). The van der Waals surface area contributed by atoms with Crippen LogP contribution in [-0.4, -0.2) is 63.3 Å². The normalized spacial score (nSPS) is 25.8. The maximum Gasteiger partial charge on any atom is 0.308 e. The molecule has 0 aromatic heterocycles. The summed E-state index contributed by atoms with van der Waals surface area (Å²) in [5, 5.41) is 13.7. The van der Waals surface area contributed by atoms with Crippen LogP contribution in [0.3, 0.4) is 0 Å². The molecule has 0 aromatic rings. The Hall–Kier alpha value is -0.690. The molecule has 0 radical (unpaired) electrons. The monoisotopic (exact) mass is 303 g/mol. The van der Waals surface area contributed by atoms with Crippen LogP contribution in [0, 0.1) is 5.92 Å². The zero-order valence-electron chi connectivity index (χ0n) is 13.2. The number of hydrogen-bond acceptors (Lipinski definition) is 6. The van der Waals surface area contributed by atoms with E-state index in [0.29, 0.717) is 65.2 Å². The van der Waals surface area contributed by atoms with E-state index < -0.39 is 5.60 Å². The highest BCUT2D eigenvalue weighted by atomic mass is 16.5. The number of carbonyl (C=O) groups excluding carboxylic acids is 1.